The number of Topliss-reactive ketones (excluding diaryl/α,β-unsaturated/α-hetero) is 2. The van der Waals surface area contributed by atoms with E-state index in [1.54, 1.807) is 71.9 Å². The SMILES string of the molecule is C=C[C@@H](CN=[N+]=[N-])N1C(=O)O[C@]2(C)[C@H](CC)OC(=O)[C@H](C)C(=O)[C@H](C)[C@@H](O[C@@H]3O[C@H](C)C[C@H](N(C)C)[C@H]3OC(=O)c3ccccc3)[C@@](C)(OC)C[C@@H](C)C(=O)[C@H](C)[C@@H]12. The van der Waals surface area contributed by atoms with Crippen LogP contribution in [0.3, 0.4) is 0 Å². The number of benzene rings is 1. The first kappa shape index (κ1) is 46.4. The summed E-state index contributed by atoms with van der Waals surface area (Å²) < 4.78 is 37.7. The lowest BCUT2D eigenvalue weighted by molar-refractivity contribution is -0.294. The topological polar surface area (TPSA) is 196 Å². The minimum absolute atomic E-state index is 0.0285. The molecule has 0 unspecified atom stereocenters. The van der Waals surface area contributed by atoms with Gasteiger partial charge in [0.15, 0.2) is 23.8 Å². The molecule has 3 saturated heterocycles. The number of fused-ring (bicyclic) bond motifs is 1. The van der Waals surface area contributed by atoms with Crippen LogP contribution in [0.5, 0.6) is 0 Å². The van der Waals surface area contributed by atoms with Gasteiger partial charge in [0, 0.05) is 29.8 Å². The van der Waals surface area contributed by atoms with Crippen LogP contribution in [0.1, 0.15) is 85.0 Å². The summed E-state index contributed by atoms with van der Waals surface area (Å²) in [5.41, 5.74) is 6.50. The summed E-state index contributed by atoms with van der Waals surface area (Å²) in [6.45, 7) is 17.1. The Labute approximate surface area is 341 Å². The number of rotatable bonds is 11. The molecular weight excluding hydrogens is 750 g/mol. The Kier molecular flexibility index (Phi) is 15.3. The van der Waals surface area contributed by atoms with Gasteiger partial charge in [0.2, 0.25) is 0 Å². The Balaban J connectivity index is 1.84. The molecule has 16 nitrogen and oxygen atoms in total. The van der Waals surface area contributed by atoms with E-state index >= 15 is 0 Å². The summed E-state index contributed by atoms with van der Waals surface area (Å²) in [4.78, 5) is 76.7. The van der Waals surface area contributed by atoms with E-state index in [1.807, 2.05) is 25.9 Å². The molecule has 0 bridgehead atoms. The summed E-state index contributed by atoms with van der Waals surface area (Å²) in [7, 11) is 5.18. The molecule has 0 saturated carbocycles. The Hall–Kier alpha value is -4.34. The molecule has 1 aromatic rings. The molecule has 4 rings (SSSR count). The second-order valence-corrected chi connectivity index (χ2v) is 16.6. The minimum Gasteiger partial charge on any atom is -0.458 e. The van der Waals surface area contributed by atoms with Crippen molar-refractivity contribution in [2.24, 2.45) is 28.8 Å². The maximum absolute atomic E-state index is 14.7. The van der Waals surface area contributed by atoms with Crippen molar-refractivity contribution in [3.63, 3.8) is 0 Å². The molecule has 3 aliphatic heterocycles. The highest BCUT2D eigenvalue weighted by Gasteiger charge is 2.61. The predicted molar refractivity (Wildman–Crippen MR) is 212 cm³/mol. The molecular formula is C42H61N5O11. The zero-order valence-corrected chi connectivity index (χ0v) is 35.7. The summed E-state index contributed by atoms with van der Waals surface area (Å²) in [5.74, 6) is -6.29. The van der Waals surface area contributed by atoms with Gasteiger partial charge in [-0.25, -0.2) is 9.59 Å². The van der Waals surface area contributed by atoms with Gasteiger partial charge in [0.25, 0.3) is 0 Å². The van der Waals surface area contributed by atoms with Crippen LogP contribution in [-0.2, 0) is 42.8 Å². The van der Waals surface area contributed by atoms with Crippen molar-refractivity contribution in [2.45, 2.75) is 135 Å². The van der Waals surface area contributed by atoms with Gasteiger partial charge in [0.05, 0.1) is 48.0 Å². The van der Waals surface area contributed by atoms with Gasteiger partial charge in [-0.3, -0.25) is 19.3 Å². The highest BCUT2D eigenvalue weighted by atomic mass is 16.7. The number of hydrogen-bond acceptors (Lipinski definition) is 13. The van der Waals surface area contributed by atoms with E-state index in [9.17, 15) is 24.0 Å². The van der Waals surface area contributed by atoms with Gasteiger partial charge in [-0.1, -0.05) is 57.1 Å². The fraction of sp³-hybridized carbons (Fsp3) is 0.690. The van der Waals surface area contributed by atoms with Crippen molar-refractivity contribution >= 4 is 29.6 Å². The number of amides is 1. The molecule has 0 aromatic heterocycles. The fourth-order valence-corrected chi connectivity index (χ4v) is 9.03. The zero-order chi connectivity index (χ0) is 43.3. The second-order valence-electron chi connectivity index (χ2n) is 16.6. The lowest BCUT2D eigenvalue weighted by atomic mass is 9.73. The number of azide groups is 1. The quantitative estimate of drug-likeness (QED) is 0.0488. The summed E-state index contributed by atoms with van der Waals surface area (Å²) in [6.07, 6.45) is -3.41. The zero-order valence-electron chi connectivity index (χ0n) is 35.7. The first-order valence-corrected chi connectivity index (χ1v) is 20.0. The Morgan fingerprint density at radius 3 is 2.31 bits per heavy atom. The number of carbonyl (C=O) groups is 5. The molecule has 14 atom stereocenters. The normalized spacial score (nSPS) is 36.8. The number of methoxy groups -OCH3 is 1. The lowest BCUT2D eigenvalue weighted by Gasteiger charge is -2.48. The van der Waals surface area contributed by atoms with E-state index in [4.69, 9.17) is 34.0 Å². The van der Waals surface area contributed by atoms with Gasteiger partial charge >= 0.3 is 18.0 Å². The Morgan fingerprint density at radius 1 is 1.09 bits per heavy atom. The first-order valence-electron chi connectivity index (χ1n) is 20.0. The van der Waals surface area contributed by atoms with Gasteiger partial charge in [0.1, 0.15) is 17.8 Å². The first-order chi connectivity index (χ1) is 27.3. The third-order valence-electron chi connectivity index (χ3n) is 12.3. The number of carbonyl (C=O) groups excluding carboxylic acids is 5. The van der Waals surface area contributed by atoms with E-state index in [0.717, 1.165) is 0 Å². The summed E-state index contributed by atoms with van der Waals surface area (Å²) >= 11 is 0. The molecule has 58 heavy (non-hydrogen) atoms. The van der Waals surface area contributed by atoms with Crippen molar-refractivity contribution < 1.29 is 52.4 Å². The van der Waals surface area contributed by atoms with Crippen LogP contribution in [-0.4, -0.2) is 127 Å². The van der Waals surface area contributed by atoms with E-state index in [2.05, 4.69) is 16.6 Å². The average Bonchev–Trinajstić information content (AvgIpc) is 3.47. The molecule has 3 aliphatic rings. The number of nitrogens with zero attached hydrogens (tertiary/aromatic N) is 5. The Morgan fingerprint density at radius 2 is 1.74 bits per heavy atom. The number of cyclic esters (lactones) is 1. The van der Waals surface area contributed by atoms with Gasteiger partial charge in [-0.05, 0) is 78.7 Å². The molecule has 1 aromatic carbocycles. The van der Waals surface area contributed by atoms with Crippen molar-refractivity contribution in [3.05, 3.63) is 59.0 Å². The monoisotopic (exact) mass is 811 g/mol. The molecule has 320 valence electrons. The molecule has 3 fully saturated rings. The summed E-state index contributed by atoms with van der Waals surface area (Å²) in [5, 5.41) is 3.67. The van der Waals surface area contributed by atoms with Crippen LogP contribution in [0.25, 0.3) is 10.4 Å². The Bertz CT molecular complexity index is 1720. The molecule has 0 aliphatic carbocycles. The van der Waals surface area contributed by atoms with Crippen LogP contribution >= 0.6 is 0 Å². The largest absolute Gasteiger partial charge is 0.458 e. The number of likely N-dealkylation sites (N-methyl/N-ethyl adjacent to an activating group) is 1. The van der Waals surface area contributed by atoms with E-state index in [1.165, 1.54) is 25.0 Å². The van der Waals surface area contributed by atoms with Gasteiger partial charge in [-0.2, -0.15) is 0 Å². The van der Waals surface area contributed by atoms with Crippen LogP contribution < -0.4 is 0 Å². The third kappa shape index (κ3) is 9.42. The van der Waals surface area contributed by atoms with Crippen molar-refractivity contribution in [3.8, 4) is 0 Å². The smallest absolute Gasteiger partial charge is 0.411 e. The van der Waals surface area contributed by atoms with Crippen molar-refractivity contribution in [2.75, 3.05) is 27.7 Å². The average molecular weight is 812 g/mol. The lowest BCUT2D eigenvalue weighted by Crippen LogP contribution is -2.61. The molecule has 3 heterocycles. The van der Waals surface area contributed by atoms with E-state index < -0.39 is 95.4 Å². The molecule has 0 radical (unpaired) electrons. The highest BCUT2D eigenvalue weighted by Crippen LogP contribution is 2.44. The third-order valence-corrected chi connectivity index (χ3v) is 12.3. The minimum atomic E-state index is -1.56. The second kappa shape index (κ2) is 19.2. The van der Waals surface area contributed by atoms with Crippen LogP contribution in [0.15, 0.2) is 48.1 Å². The van der Waals surface area contributed by atoms with Crippen LogP contribution in [0.2, 0.25) is 0 Å². The molecule has 16 heteroatoms. The molecule has 0 N–H and O–H groups in total. The van der Waals surface area contributed by atoms with Crippen molar-refractivity contribution in [1.29, 1.82) is 0 Å². The maximum atomic E-state index is 14.7. The van der Waals surface area contributed by atoms with Crippen LogP contribution in [0, 0.1) is 23.7 Å². The number of hydrogen-bond donors (Lipinski definition) is 0. The molecule has 1 amide bonds. The summed E-state index contributed by atoms with van der Waals surface area (Å²) in [6, 6.07) is 6.32. The molecule has 0 spiro atoms. The predicted octanol–water partition coefficient (Wildman–Crippen LogP) is 5.92. The van der Waals surface area contributed by atoms with Gasteiger partial charge < -0.3 is 33.3 Å². The number of esters is 2. The van der Waals surface area contributed by atoms with E-state index in [0.29, 0.717) is 12.0 Å². The standard InChI is InChI=1S/C42H61N5O11/c1-13-29(22-44-45-43)47-35-25(5)32(48)23(3)21-41(8,53-12)36(26(6)33(49)27(7)37(50)55-31(14-2)42(35,9)58-40(47)52)57-39-34(30(46(10)11)20-24(4)54-39)56-38(51)28-18-16-15-17-19-28/h13,15-19,23-27,29-31,34-36,39H,1,14,20-22H2,2-12H3/t23-,24-,25+,26+,27-,29+,30+,31+,34-,35-,36-,39+,41+,42-/m1/s1. The fourth-order valence-electron chi connectivity index (χ4n) is 9.03. The van der Waals surface area contributed by atoms with Crippen molar-refractivity contribution in [1.82, 2.24) is 9.80 Å². The highest BCUT2D eigenvalue weighted by molar-refractivity contribution is 6.00. The maximum Gasteiger partial charge on any atom is 0.411 e. The van der Waals surface area contributed by atoms with E-state index in [-0.39, 0.29) is 37.3 Å². The van der Waals surface area contributed by atoms with Gasteiger partial charge in [-0.15, -0.1) is 6.58 Å². The number of ether oxygens (including phenoxy) is 6. The van der Waals surface area contributed by atoms with Crippen LogP contribution in [0.4, 0.5) is 4.79 Å². The number of ketones is 2.